The molecular formula is C12H16FNO. The lowest BCUT2D eigenvalue weighted by molar-refractivity contribution is 0.238. The molecule has 1 unspecified atom stereocenters. The Hall–Kier alpha value is -1.09. The molecule has 15 heavy (non-hydrogen) atoms. The lowest BCUT2D eigenvalue weighted by atomic mass is 10.1. The molecule has 1 saturated heterocycles. The summed E-state index contributed by atoms with van der Waals surface area (Å²) < 4.78 is 13.3. The zero-order valence-corrected chi connectivity index (χ0v) is 8.91. The summed E-state index contributed by atoms with van der Waals surface area (Å²) in [4.78, 5) is 2.13. The maximum atomic E-state index is 13.3. The van der Waals surface area contributed by atoms with Crippen LogP contribution in [0.1, 0.15) is 12.0 Å². The molecule has 1 N–H and O–H groups in total. The maximum Gasteiger partial charge on any atom is 0.128 e. The number of hydrogen-bond acceptors (Lipinski definition) is 2. The number of anilines is 1. The zero-order chi connectivity index (χ0) is 10.8. The molecule has 1 heterocycles. The van der Waals surface area contributed by atoms with Crippen molar-refractivity contribution in [3.8, 4) is 0 Å². The Kier molecular flexibility index (Phi) is 2.91. The third kappa shape index (κ3) is 2.12. The van der Waals surface area contributed by atoms with Gasteiger partial charge in [0.05, 0.1) is 0 Å². The van der Waals surface area contributed by atoms with Crippen LogP contribution in [-0.2, 0) is 0 Å². The first-order chi connectivity index (χ1) is 7.20. The quantitative estimate of drug-likeness (QED) is 0.804. The molecule has 82 valence electrons. The highest BCUT2D eigenvalue weighted by molar-refractivity contribution is 5.48. The third-order valence-electron chi connectivity index (χ3n) is 3.06. The van der Waals surface area contributed by atoms with Gasteiger partial charge in [0.1, 0.15) is 5.82 Å². The summed E-state index contributed by atoms with van der Waals surface area (Å²) in [5.41, 5.74) is 1.60. The molecule has 1 atom stereocenters. The van der Waals surface area contributed by atoms with Gasteiger partial charge in [-0.2, -0.15) is 0 Å². The SMILES string of the molecule is Cc1ccc(N2CCC(CO)C2)cc1F. The molecule has 0 radical (unpaired) electrons. The summed E-state index contributed by atoms with van der Waals surface area (Å²) in [6.45, 7) is 3.73. The molecule has 2 rings (SSSR count). The van der Waals surface area contributed by atoms with Gasteiger partial charge in [0.25, 0.3) is 0 Å². The lowest BCUT2D eigenvalue weighted by Crippen LogP contribution is -2.20. The van der Waals surface area contributed by atoms with Crippen LogP contribution < -0.4 is 4.90 Å². The van der Waals surface area contributed by atoms with E-state index in [-0.39, 0.29) is 12.4 Å². The van der Waals surface area contributed by atoms with Crippen molar-refractivity contribution in [1.82, 2.24) is 0 Å². The topological polar surface area (TPSA) is 23.5 Å². The molecule has 1 aromatic carbocycles. The van der Waals surface area contributed by atoms with Crippen molar-refractivity contribution in [3.05, 3.63) is 29.6 Å². The van der Waals surface area contributed by atoms with Gasteiger partial charge in [-0.05, 0) is 31.0 Å². The minimum atomic E-state index is -0.153. The van der Waals surface area contributed by atoms with E-state index >= 15 is 0 Å². The summed E-state index contributed by atoms with van der Waals surface area (Å²) in [6, 6.07) is 5.32. The number of rotatable bonds is 2. The lowest BCUT2D eigenvalue weighted by Gasteiger charge is -2.18. The van der Waals surface area contributed by atoms with Gasteiger partial charge >= 0.3 is 0 Å². The van der Waals surface area contributed by atoms with E-state index in [0.717, 1.165) is 25.2 Å². The molecule has 0 saturated carbocycles. The summed E-state index contributed by atoms with van der Waals surface area (Å²) in [5, 5.41) is 9.03. The number of aliphatic hydroxyl groups is 1. The van der Waals surface area contributed by atoms with Gasteiger partial charge in [-0.3, -0.25) is 0 Å². The molecule has 1 aliphatic rings. The Morgan fingerprint density at radius 3 is 2.93 bits per heavy atom. The van der Waals surface area contributed by atoms with Crippen molar-refractivity contribution in [3.63, 3.8) is 0 Å². The molecule has 0 spiro atoms. The normalized spacial score (nSPS) is 21.0. The Bertz CT molecular complexity index is 353. The summed E-state index contributed by atoms with van der Waals surface area (Å²) in [7, 11) is 0. The van der Waals surface area contributed by atoms with E-state index in [0.29, 0.717) is 11.5 Å². The van der Waals surface area contributed by atoms with Crippen molar-refractivity contribution in [1.29, 1.82) is 0 Å². The molecule has 0 aromatic heterocycles. The Labute approximate surface area is 89.3 Å². The van der Waals surface area contributed by atoms with E-state index < -0.39 is 0 Å². The fourth-order valence-corrected chi connectivity index (χ4v) is 1.99. The van der Waals surface area contributed by atoms with Gasteiger partial charge in [0, 0.05) is 31.3 Å². The number of aryl methyl sites for hydroxylation is 1. The number of nitrogens with zero attached hydrogens (tertiary/aromatic N) is 1. The smallest absolute Gasteiger partial charge is 0.128 e. The van der Waals surface area contributed by atoms with E-state index in [1.54, 1.807) is 19.1 Å². The van der Waals surface area contributed by atoms with Crippen molar-refractivity contribution >= 4 is 5.69 Å². The Balaban J connectivity index is 2.13. The first kappa shape index (κ1) is 10.4. The standard InChI is InChI=1S/C12H16FNO/c1-9-2-3-11(6-12(9)13)14-5-4-10(7-14)8-15/h2-3,6,10,15H,4-5,7-8H2,1H3. The van der Waals surface area contributed by atoms with Gasteiger partial charge in [-0.1, -0.05) is 6.07 Å². The molecule has 0 amide bonds. The molecule has 0 aliphatic carbocycles. The molecule has 1 aliphatic heterocycles. The second-order valence-corrected chi connectivity index (χ2v) is 4.22. The second kappa shape index (κ2) is 4.19. The first-order valence-electron chi connectivity index (χ1n) is 5.32. The van der Waals surface area contributed by atoms with E-state index in [2.05, 4.69) is 4.90 Å². The second-order valence-electron chi connectivity index (χ2n) is 4.22. The Morgan fingerprint density at radius 2 is 2.33 bits per heavy atom. The van der Waals surface area contributed by atoms with E-state index in [4.69, 9.17) is 5.11 Å². The largest absolute Gasteiger partial charge is 0.396 e. The van der Waals surface area contributed by atoms with Crippen LogP contribution in [0.15, 0.2) is 18.2 Å². The molecule has 0 bridgehead atoms. The average molecular weight is 209 g/mol. The van der Waals surface area contributed by atoms with Gasteiger partial charge < -0.3 is 10.0 Å². The Morgan fingerprint density at radius 1 is 1.53 bits per heavy atom. The first-order valence-corrected chi connectivity index (χ1v) is 5.32. The summed E-state index contributed by atoms with van der Waals surface area (Å²) in [5.74, 6) is 0.189. The van der Waals surface area contributed by atoms with Crippen LogP contribution >= 0.6 is 0 Å². The number of hydrogen-bond donors (Lipinski definition) is 1. The van der Waals surface area contributed by atoms with Crippen molar-refractivity contribution < 1.29 is 9.50 Å². The maximum absolute atomic E-state index is 13.3. The highest BCUT2D eigenvalue weighted by Crippen LogP contribution is 2.24. The van der Waals surface area contributed by atoms with Crippen LogP contribution in [0.25, 0.3) is 0 Å². The molecule has 2 nitrogen and oxygen atoms in total. The van der Waals surface area contributed by atoms with E-state index in [9.17, 15) is 4.39 Å². The van der Waals surface area contributed by atoms with Crippen molar-refractivity contribution in [2.75, 3.05) is 24.6 Å². The highest BCUT2D eigenvalue weighted by atomic mass is 19.1. The summed E-state index contributed by atoms with van der Waals surface area (Å²) in [6.07, 6.45) is 0.992. The van der Waals surface area contributed by atoms with Crippen LogP contribution in [0.2, 0.25) is 0 Å². The van der Waals surface area contributed by atoms with E-state index in [1.807, 2.05) is 6.07 Å². The highest BCUT2D eigenvalue weighted by Gasteiger charge is 2.22. The van der Waals surface area contributed by atoms with Crippen LogP contribution in [0.4, 0.5) is 10.1 Å². The van der Waals surface area contributed by atoms with E-state index in [1.165, 1.54) is 0 Å². The van der Waals surface area contributed by atoms with Gasteiger partial charge in [-0.25, -0.2) is 4.39 Å². The fraction of sp³-hybridized carbons (Fsp3) is 0.500. The fourth-order valence-electron chi connectivity index (χ4n) is 1.99. The number of halogens is 1. The van der Waals surface area contributed by atoms with Crippen molar-refractivity contribution in [2.24, 2.45) is 5.92 Å². The number of aliphatic hydroxyl groups excluding tert-OH is 1. The monoisotopic (exact) mass is 209 g/mol. The predicted octanol–water partition coefficient (Wildman–Crippen LogP) is 1.95. The zero-order valence-electron chi connectivity index (χ0n) is 8.91. The number of benzene rings is 1. The predicted molar refractivity (Wildman–Crippen MR) is 58.5 cm³/mol. The molecule has 1 aromatic rings. The molecule has 3 heteroatoms. The average Bonchev–Trinajstić information content (AvgIpc) is 2.70. The molecular weight excluding hydrogens is 193 g/mol. The van der Waals surface area contributed by atoms with Gasteiger partial charge in [0.15, 0.2) is 0 Å². The van der Waals surface area contributed by atoms with Crippen LogP contribution in [0, 0.1) is 18.7 Å². The molecule has 1 fully saturated rings. The van der Waals surface area contributed by atoms with Crippen LogP contribution in [0.3, 0.4) is 0 Å². The van der Waals surface area contributed by atoms with Gasteiger partial charge in [-0.15, -0.1) is 0 Å². The van der Waals surface area contributed by atoms with Crippen LogP contribution in [0.5, 0.6) is 0 Å². The third-order valence-corrected chi connectivity index (χ3v) is 3.06. The van der Waals surface area contributed by atoms with Crippen LogP contribution in [-0.4, -0.2) is 24.8 Å². The minimum absolute atomic E-state index is 0.153. The van der Waals surface area contributed by atoms with Gasteiger partial charge in [0.2, 0.25) is 0 Å². The summed E-state index contributed by atoms with van der Waals surface area (Å²) >= 11 is 0. The minimum Gasteiger partial charge on any atom is -0.396 e. The van der Waals surface area contributed by atoms with Crippen molar-refractivity contribution in [2.45, 2.75) is 13.3 Å².